The normalized spacial score (nSPS) is 13.5. The number of methoxy groups -OCH3 is 7. The monoisotopic (exact) mass is 1880 g/mol. The third-order valence-electron chi connectivity index (χ3n) is 23.2. The molecule has 2 fully saturated rings. The maximum atomic E-state index is 14.2. The first-order valence-corrected chi connectivity index (χ1v) is 44.6. The van der Waals surface area contributed by atoms with E-state index in [2.05, 4.69) is 72.1 Å². The minimum Gasteiger partial charge on any atom is -0.497 e. The number of likely N-dealkylation sites (tertiary alicyclic amines) is 2. The topological polar surface area (TPSA) is 356 Å². The van der Waals surface area contributed by atoms with Crippen molar-refractivity contribution in [1.29, 1.82) is 0 Å². The standard InChI is InChI=1S/C27H30N6O4.C26H30N6O3.C23H24ClN5O2.C23H24FN5O3.H2S/c1-31-17-18(15-29-31)25-16-28-23-7-6-19(13-24(23)30-25)33(10-9-32-8-4-5-26(32)27(34)35)20-11-21(36-2)14-22(12-20)37-3;1-30-16-18(14-28-30)26-15-27-24-5-4-19(12-25(24)29-26)32(9-8-31-7-6-21(33)17-31)20-10-22(34-2)13-23(11-20)35-3;1-28-15-16(13-26-28)21-14-25-19-7-5-17(11-20(19)27-21)29(10-4-9-24)22-12-18(30-2)6-8-23(22)31-3;1-32-20-10-17(24)9-19(11-20)29(5-2-7-30)18-3-4-21-22(12-18)27-23(14-25-21)16-13-26-28(15-16)6-8-31;/h6-7,11-17,26H,4-5,8-10H2,1-3H3,(H,34,35);4-5,10-16,21,33H,6-9,17H2,1-3H3;5-8,11-15H,4,9-10H2,1-3H3;3-4,9-15,30-31H,2,5-8H2,1H3;1H2/t26-;;;;/m1..../s1. The largest absolute Gasteiger partial charge is 0.497 e. The van der Waals surface area contributed by atoms with Gasteiger partial charge in [-0.05, 0) is 130 Å². The van der Waals surface area contributed by atoms with Crippen molar-refractivity contribution < 1.29 is 62.8 Å². The number of ether oxygens (including phenoxy) is 7. The zero-order chi connectivity index (χ0) is 94.6. The zero-order valence-corrected chi connectivity index (χ0v) is 79.1. The molecule has 18 rings (SSSR count). The molecule has 10 heterocycles. The lowest BCUT2D eigenvalue weighted by Gasteiger charge is -2.29. The molecule has 34 nitrogen and oxygen atoms in total. The van der Waals surface area contributed by atoms with Crippen LogP contribution in [0.3, 0.4) is 0 Å². The highest BCUT2D eigenvalue weighted by Crippen LogP contribution is 2.42. The molecule has 8 aromatic carbocycles. The van der Waals surface area contributed by atoms with Gasteiger partial charge in [0.1, 0.15) is 52.1 Å². The molecule has 708 valence electrons. The van der Waals surface area contributed by atoms with Crippen LogP contribution in [0, 0.1) is 5.82 Å². The number of β-amino-alcohol motifs (C(OH)–C–C–N with tert-alkyl or cyclic N) is 1. The van der Waals surface area contributed by atoms with Crippen molar-refractivity contribution in [3.8, 4) is 85.3 Å². The maximum absolute atomic E-state index is 14.2. The lowest BCUT2D eigenvalue weighted by atomic mass is 10.1. The number of rotatable bonds is 34. The average molecular weight is 1890 g/mol. The van der Waals surface area contributed by atoms with Crippen molar-refractivity contribution in [3.05, 3.63) is 226 Å². The Bertz CT molecular complexity index is 6710. The number of nitrogens with zero attached hydrogens (tertiary/aromatic N) is 22. The van der Waals surface area contributed by atoms with Gasteiger partial charge in [0.05, 0.1) is 191 Å². The van der Waals surface area contributed by atoms with Crippen molar-refractivity contribution in [3.63, 3.8) is 0 Å². The molecule has 0 radical (unpaired) electrons. The van der Waals surface area contributed by atoms with Crippen LogP contribution in [0.15, 0.2) is 220 Å². The van der Waals surface area contributed by atoms with E-state index in [1.165, 1.54) is 19.2 Å². The molecule has 8 aromatic heterocycles. The second kappa shape index (κ2) is 46.0. The van der Waals surface area contributed by atoms with Crippen molar-refractivity contribution in [1.82, 2.24) is 88.8 Å². The quantitative estimate of drug-likeness (QED) is 0.0272. The average Bonchev–Trinajstić information content (AvgIpc) is 1.02. The third kappa shape index (κ3) is 24.0. The molecule has 2 atom stereocenters. The number of carboxylic acids is 1. The Kier molecular flexibility index (Phi) is 33.0. The van der Waals surface area contributed by atoms with Crippen LogP contribution in [0.2, 0.25) is 0 Å². The lowest BCUT2D eigenvalue weighted by molar-refractivity contribution is -0.142. The maximum Gasteiger partial charge on any atom is 0.320 e. The van der Waals surface area contributed by atoms with Crippen molar-refractivity contribution in [2.24, 2.45) is 21.1 Å². The Morgan fingerprint density at radius 1 is 0.419 bits per heavy atom. The number of hydrogen-bond donors (Lipinski definition) is 4. The Morgan fingerprint density at radius 3 is 1.23 bits per heavy atom. The van der Waals surface area contributed by atoms with E-state index in [-0.39, 0.29) is 32.8 Å². The molecule has 0 bridgehead atoms. The summed E-state index contributed by atoms with van der Waals surface area (Å²) in [5, 5.41) is 55.0. The molecule has 2 saturated heterocycles. The second-order valence-corrected chi connectivity index (χ2v) is 32.5. The van der Waals surface area contributed by atoms with Crippen LogP contribution in [0.25, 0.3) is 89.2 Å². The highest BCUT2D eigenvalue weighted by Gasteiger charge is 2.32. The first-order valence-electron chi connectivity index (χ1n) is 44.1. The fraction of sp³-hybridized carbons (Fsp3) is 0.303. The fourth-order valence-electron chi connectivity index (χ4n) is 16.3. The van der Waals surface area contributed by atoms with Gasteiger partial charge in [0.15, 0.2) is 0 Å². The minimum atomic E-state index is -0.768. The number of benzene rings is 8. The lowest BCUT2D eigenvalue weighted by Crippen LogP contribution is -2.40. The van der Waals surface area contributed by atoms with E-state index < -0.39 is 17.8 Å². The summed E-state index contributed by atoms with van der Waals surface area (Å²) in [5.74, 6) is 4.09. The van der Waals surface area contributed by atoms with Crippen LogP contribution in [0.4, 0.5) is 49.9 Å². The molecule has 0 aliphatic carbocycles. The SMILES string of the molecule is COc1cc(F)cc(N(CCCO)c2ccc3ncc(-c4cnn(CCO)c4)nc3c2)c1.COc1cc(OC)cc(N(CCN2CCC(O)C2)c2ccc3ncc(-c4cnn(C)c4)nc3c2)c1.COc1cc(OC)cc(N(CCN2CCC[C@@H]2C(=O)O)c2ccc3ncc(-c4cnn(C)c4)nc3c2)c1.COc1ccc(OC)c(N(CCCCl)c2ccc3ncc(-c4cnn(C)c4)nc3c2)c1.S. The molecule has 37 heteroatoms. The molecule has 0 spiro atoms. The Labute approximate surface area is 798 Å². The Balaban J connectivity index is 0.000000145. The highest BCUT2D eigenvalue weighted by atomic mass is 35.5. The molecule has 4 N–H and O–H groups in total. The van der Waals surface area contributed by atoms with Crippen molar-refractivity contribution >= 4 is 121 Å². The number of carbonyl (C=O) groups is 1. The minimum absolute atomic E-state index is 0. The number of aliphatic hydroxyl groups is 3. The predicted molar refractivity (Wildman–Crippen MR) is 529 cm³/mol. The summed E-state index contributed by atoms with van der Waals surface area (Å²) in [5.41, 5.74) is 19.7. The first kappa shape index (κ1) is 97.6. The van der Waals surface area contributed by atoms with Crippen molar-refractivity contribution in [2.45, 2.75) is 50.8 Å². The number of halogens is 2. The Morgan fingerprint density at radius 2 is 0.831 bits per heavy atom. The van der Waals surface area contributed by atoms with Crippen LogP contribution >= 0.6 is 25.1 Å². The number of alkyl halides is 1. The summed E-state index contributed by atoms with van der Waals surface area (Å²) >= 11 is 6.03. The van der Waals surface area contributed by atoms with Crippen LogP contribution in [-0.2, 0) is 32.5 Å². The van der Waals surface area contributed by atoms with E-state index in [9.17, 15) is 24.5 Å². The Hall–Kier alpha value is -14.4. The van der Waals surface area contributed by atoms with Gasteiger partial charge in [0.25, 0.3) is 0 Å². The van der Waals surface area contributed by atoms with Gasteiger partial charge in [-0.3, -0.25) is 53.3 Å². The summed E-state index contributed by atoms with van der Waals surface area (Å²) in [4.78, 5) is 62.1. The number of fused-ring (bicyclic) bond motifs is 4. The van der Waals surface area contributed by atoms with Crippen LogP contribution in [-0.4, -0.2) is 255 Å². The molecular weight excluding hydrogens is 1780 g/mol. The van der Waals surface area contributed by atoms with Gasteiger partial charge in [-0.2, -0.15) is 33.9 Å². The fourth-order valence-corrected chi connectivity index (χ4v) is 16.4. The molecule has 136 heavy (non-hydrogen) atoms. The van der Waals surface area contributed by atoms with Gasteiger partial charge in [0.2, 0.25) is 0 Å². The van der Waals surface area contributed by atoms with E-state index in [0.717, 1.165) is 186 Å². The van der Waals surface area contributed by atoms with Gasteiger partial charge < -0.3 is 73.2 Å². The van der Waals surface area contributed by atoms with Crippen LogP contribution < -0.4 is 52.8 Å². The summed E-state index contributed by atoms with van der Waals surface area (Å²) in [6.07, 6.45) is 25.0. The number of carboxylic acid groups (broad SMARTS) is 1. The number of aryl methyl sites for hydroxylation is 3. The summed E-state index contributed by atoms with van der Waals surface area (Å²) in [6, 6.07) is 45.2. The van der Waals surface area contributed by atoms with E-state index in [4.69, 9.17) is 69.8 Å². The molecule has 0 amide bonds. The summed E-state index contributed by atoms with van der Waals surface area (Å²) < 4.78 is 59.4. The molecule has 1 unspecified atom stereocenters. The molecular formula is C99H110ClFN22O12S. The summed E-state index contributed by atoms with van der Waals surface area (Å²) in [7, 11) is 17.0. The van der Waals surface area contributed by atoms with Gasteiger partial charge in [0, 0.05) is 227 Å². The number of aromatic nitrogens is 16. The predicted octanol–water partition coefficient (Wildman–Crippen LogP) is 15.1. The van der Waals surface area contributed by atoms with Crippen LogP contribution in [0.5, 0.6) is 40.2 Å². The number of aliphatic carboxylic acids is 1. The summed E-state index contributed by atoms with van der Waals surface area (Å²) in [6.45, 7) is 6.69. The van der Waals surface area contributed by atoms with E-state index >= 15 is 0 Å². The van der Waals surface area contributed by atoms with E-state index in [0.29, 0.717) is 92.1 Å². The zero-order valence-electron chi connectivity index (χ0n) is 77.3. The van der Waals surface area contributed by atoms with Crippen LogP contribution in [0.1, 0.15) is 32.1 Å². The smallest absolute Gasteiger partial charge is 0.320 e. The number of aliphatic hydroxyl groups excluding tert-OH is 3. The number of anilines is 8. The second-order valence-electron chi connectivity index (χ2n) is 32.2. The van der Waals surface area contributed by atoms with E-state index in [1.54, 1.807) is 117 Å². The molecule has 0 saturated carbocycles. The molecule has 2 aliphatic rings. The first-order chi connectivity index (χ1) is 65.7. The third-order valence-corrected chi connectivity index (χ3v) is 23.5. The number of hydrogen-bond acceptors (Lipinski definition) is 29. The van der Waals surface area contributed by atoms with Gasteiger partial charge in [-0.1, -0.05) is 0 Å². The van der Waals surface area contributed by atoms with Gasteiger partial charge >= 0.3 is 5.97 Å². The van der Waals surface area contributed by atoms with Gasteiger partial charge in [-0.15, -0.1) is 11.6 Å². The highest BCUT2D eigenvalue weighted by molar-refractivity contribution is 7.59. The molecule has 16 aromatic rings. The van der Waals surface area contributed by atoms with Crippen molar-refractivity contribution in [2.75, 3.05) is 147 Å². The van der Waals surface area contributed by atoms with Gasteiger partial charge in [-0.25, -0.2) is 24.3 Å². The molecule has 2 aliphatic heterocycles. The van der Waals surface area contributed by atoms with E-state index in [1.807, 2.05) is 171 Å².